The van der Waals surface area contributed by atoms with E-state index in [2.05, 4.69) is 4.74 Å². The zero-order chi connectivity index (χ0) is 12.3. The highest BCUT2D eigenvalue weighted by Crippen LogP contribution is 2.20. The molecule has 0 amide bonds. The average Bonchev–Trinajstić information content (AvgIpc) is 2.57. The van der Waals surface area contributed by atoms with Crippen LogP contribution < -0.4 is 0 Å². The number of ether oxygens (including phenoxy) is 1. The minimum absolute atomic E-state index is 0.0227. The summed E-state index contributed by atoms with van der Waals surface area (Å²) < 4.78 is 38.8. The lowest BCUT2D eigenvalue weighted by molar-refractivity contribution is -0.140. The molecule has 1 rings (SSSR count). The molecule has 1 aliphatic heterocycles. The number of methoxy groups -OCH3 is 1. The Morgan fingerprint density at radius 1 is 1.56 bits per heavy atom. The van der Waals surface area contributed by atoms with E-state index in [-0.39, 0.29) is 28.4 Å². The molecule has 0 aliphatic carbocycles. The van der Waals surface area contributed by atoms with Gasteiger partial charge in [0.1, 0.15) is 0 Å². The molecule has 0 spiro atoms. The lowest BCUT2D eigenvalue weighted by Gasteiger charge is -2.14. The highest BCUT2D eigenvalue weighted by atomic mass is 32.2. The van der Waals surface area contributed by atoms with Crippen molar-refractivity contribution in [2.45, 2.75) is 30.3 Å². The molecule has 0 aromatic rings. The van der Waals surface area contributed by atoms with Crippen LogP contribution in [-0.2, 0) is 30.2 Å². The molecule has 16 heavy (non-hydrogen) atoms. The molecule has 1 fully saturated rings. The van der Waals surface area contributed by atoms with E-state index in [1.54, 1.807) is 6.92 Å². The summed E-state index contributed by atoms with van der Waals surface area (Å²) in [5.74, 6) is -0.332. The fourth-order valence-electron chi connectivity index (χ4n) is 1.67. The van der Waals surface area contributed by atoms with Crippen molar-refractivity contribution in [2.24, 2.45) is 0 Å². The Labute approximate surface area is 97.9 Å². The summed E-state index contributed by atoms with van der Waals surface area (Å²) in [6.07, 6.45) is 0.500. The molecule has 0 N–H and O–H groups in total. The first kappa shape index (κ1) is 13.6. The van der Waals surface area contributed by atoms with E-state index in [1.165, 1.54) is 7.11 Å². The molecule has 0 bridgehead atoms. The second-order valence-electron chi connectivity index (χ2n) is 3.94. The summed E-state index contributed by atoms with van der Waals surface area (Å²) >= 11 is 0. The van der Waals surface area contributed by atoms with Gasteiger partial charge >= 0.3 is 5.97 Å². The standard InChI is InChI=1S/C9H16O5S2/c1-7(5-9(10)14-2)15(11)8-3-4-16(12,13)6-8/h7-8H,3-6H2,1-2H3. The molecule has 0 radical (unpaired) electrons. The summed E-state index contributed by atoms with van der Waals surface area (Å²) in [4.78, 5) is 11.0. The van der Waals surface area contributed by atoms with E-state index >= 15 is 0 Å². The summed E-state index contributed by atoms with van der Waals surface area (Å²) in [7, 11) is -3.03. The highest BCUT2D eigenvalue weighted by molar-refractivity contribution is 7.94. The average molecular weight is 268 g/mol. The van der Waals surface area contributed by atoms with Crippen molar-refractivity contribution in [1.82, 2.24) is 0 Å². The number of hydrogen-bond acceptors (Lipinski definition) is 5. The first-order chi connectivity index (χ1) is 7.35. The first-order valence-electron chi connectivity index (χ1n) is 5.02. The van der Waals surface area contributed by atoms with Gasteiger partial charge in [0.15, 0.2) is 9.84 Å². The Balaban J connectivity index is 2.55. The third-order valence-electron chi connectivity index (χ3n) is 2.60. The maximum Gasteiger partial charge on any atom is 0.306 e. The molecule has 0 aromatic heterocycles. The number of carbonyl (C=O) groups is 1. The Morgan fingerprint density at radius 2 is 2.19 bits per heavy atom. The van der Waals surface area contributed by atoms with Crippen LogP contribution in [0.15, 0.2) is 0 Å². The van der Waals surface area contributed by atoms with E-state index in [0.717, 1.165) is 0 Å². The minimum atomic E-state index is -3.02. The van der Waals surface area contributed by atoms with E-state index in [1.807, 2.05) is 0 Å². The molecule has 7 heteroatoms. The van der Waals surface area contributed by atoms with Crippen LogP contribution in [0.5, 0.6) is 0 Å². The number of sulfone groups is 1. The number of esters is 1. The van der Waals surface area contributed by atoms with Crippen molar-refractivity contribution >= 4 is 26.6 Å². The molecule has 3 atom stereocenters. The summed E-state index contributed by atoms with van der Waals surface area (Å²) in [6.45, 7) is 1.68. The zero-order valence-corrected chi connectivity index (χ0v) is 11.0. The lowest BCUT2D eigenvalue weighted by Crippen LogP contribution is -2.27. The van der Waals surface area contributed by atoms with Gasteiger partial charge < -0.3 is 4.74 Å². The van der Waals surface area contributed by atoms with Crippen molar-refractivity contribution in [1.29, 1.82) is 0 Å². The third kappa shape index (κ3) is 3.55. The van der Waals surface area contributed by atoms with Gasteiger partial charge in [0, 0.05) is 21.3 Å². The van der Waals surface area contributed by atoms with Crippen LogP contribution in [0.4, 0.5) is 0 Å². The summed E-state index contributed by atoms with van der Waals surface area (Å²) in [5, 5.41) is -0.685. The Kier molecular flexibility index (Phi) is 4.49. The topological polar surface area (TPSA) is 77.5 Å². The maximum atomic E-state index is 11.9. The minimum Gasteiger partial charge on any atom is -0.469 e. The van der Waals surface area contributed by atoms with Crippen LogP contribution >= 0.6 is 0 Å². The number of carbonyl (C=O) groups excluding carboxylic acids is 1. The van der Waals surface area contributed by atoms with Gasteiger partial charge in [-0.15, -0.1) is 0 Å². The number of hydrogen-bond donors (Lipinski definition) is 0. The summed E-state index contributed by atoms with van der Waals surface area (Å²) in [6, 6.07) is 0. The largest absolute Gasteiger partial charge is 0.469 e. The van der Waals surface area contributed by atoms with Gasteiger partial charge in [-0.25, -0.2) is 8.42 Å². The predicted octanol–water partition coefficient (Wildman–Crippen LogP) is -0.126. The van der Waals surface area contributed by atoms with Gasteiger partial charge in [-0.05, 0) is 6.42 Å². The molecule has 1 aliphatic rings. The van der Waals surface area contributed by atoms with Gasteiger partial charge in [-0.2, -0.15) is 0 Å². The van der Waals surface area contributed by atoms with Crippen LogP contribution in [-0.4, -0.2) is 47.7 Å². The predicted molar refractivity (Wildman–Crippen MR) is 61.3 cm³/mol. The van der Waals surface area contributed by atoms with Gasteiger partial charge in [0.05, 0.1) is 25.0 Å². The monoisotopic (exact) mass is 268 g/mol. The molecule has 0 saturated carbocycles. The normalized spacial score (nSPS) is 27.2. The molecule has 5 nitrogen and oxygen atoms in total. The van der Waals surface area contributed by atoms with Crippen LogP contribution in [0.25, 0.3) is 0 Å². The first-order valence-corrected chi connectivity index (χ1v) is 8.12. The van der Waals surface area contributed by atoms with Crippen molar-refractivity contribution < 1.29 is 22.2 Å². The molecule has 94 valence electrons. The molecule has 3 unspecified atom stereocenters. The Hall–Kier alpha value is -0.430. The maximum absolute atomic E-state index is 11.9. The lowest BCUT2D eigenvalue weighted by atomic mass is 10.3. The molecular formula is C9H16O5S2. The van der Waals surface area contributed by atoms with Gasteiger partial charge in [0.25, 0.3) is 0 Å². The zero-order valence-electron chi connectivity index (χ0n) is 9.34. The highest BCUT2D eigenvalue weighted by Gasteiger charge is 2.34. The van der Waals surface area contributed by atoms with E-state index in [4.69, 9.17) is 0 Å². The molecule has 1 saturated heterocycles. The van der Waals surface area contributed by atoms with Gasteiger partial charge in [0.2, 0.25) is 0 Å². The SMILES string of the molecule is COC(=O)CC(C)S(=O)C1CCS(=O)(=O)C1. The van der Waals surface area contributed by atoms with Gasteiger partial charge in [-0.3, -0.25) is 9.00 Å². The molecule has 0 aromatic carbocycles. The van der Waals surface area contributed by atoms with E-state index in [0.29, 0.717) is 6.42 Å². The van der Waals surface area contributed by atoms with Crippen LogP contribution in [0.1, 0.15) is 19.8 Å². The van der Waals surface area contributed by atoms with Crippen LogP contribution in [0, 0.1) is 0 Å². The molecular weight excluding hydrogens is 252 g/mol. The smallest absolute Gasteiger partial charge is 0.306 e. The second kappa shape index (κ2) is 5.27. The van der Waals surface area contributed by atoms with Crippen LogP contribution in [0.2, 0.25) is 0 Å². The molecule has 1 heterocycles. The van der Waals surface area contributed by atoms with Gasteiger partial charge in [-0.1, -0.05) is 6.92 Å². The Bertz CT molecular complexity index is 387. The van der Waals surface area contributed by atoms with Crippen molar-refractivity contribution in [3.05, 3.63) is 0 Å². The second-order valence-corrected chi connectivity index (χ2v) is 8.30. The quantitative estimate of drug-likeness (QED) is 0.664. The van der Waals surface area contributed by atoms with Crippen LogP contribution in [0.3, 0.4) is 0 Å². The van der Waals surface area contributed by atoms with E-state index in [9.17, 15) is 17.4 Å². The van der Waals surface area contributed by atoms with Crippen molar-refractivity contribution in [3.8, 4) is 0 Å². The third-order valence-corrected chi connectivity index (χ3v) is 6.60. The Morgan fingerprint density at radius 3 is 2.62 bits per heavy atom. The van der Waals surface area contributed by atoms with Crippen molar-refractivity contribution in [2.75, 3.05) is 18.6 Å². The van der Waals surface area contributed by atoms with E-state index < -0.39 is 26.6 Å². The summed E-state index contributed by atoms with van der Waals surface area (Å²) in [5.41, 5.74) is 0. The fourth-order valence-corrected chi connectivity index (χ4v) is 5.83. The number of rotatable bonds is 4. The van der Waals surface area contributed by atoms with Crippen molar-refractivity contribution in [3.63, 3.8) is 0 Å². The fraction of sp³-hybridized carbons (Fsp3) is 0.889.